The molecule has 0 spiro atoms. The highest BCUT2D eigenvalue weighted by atomic mass is 32.2. The summed E-state index contributed by atoms with van der Waals surface area (Å²) in [6.07, 6.45) is 5.48. The van der Waals surface area contributed by atoms with Gasteiger partial charge in [0, 0.05) is 27.6 Å². The number of anilines is 1. The summed E-state index contributed by atoms with van der Waals surface area (Å²) < 4.78 is 26.9. The zero-order valence-electron chi connectivity index (χ0n) is 12.2. The smallest absolute Gasteiger partial charge is 0.212 e. The first-order valence-corrected chi connectivity index (χ1v) is 10.8. The van der Waals surface area contributed by atoms with E-state index in [-0.39, 0.29) is 10.5 Å². The van der Waals surface area contributed by atoms with Gasteiger partial charge in [-0.15, -0.1) is 11.8 Å². The monoisotopic (exact) mass is 346 g/mol. The number of nitrogens with one attached hydrogen (secondary N) is 1. The standard InChI is InChI=1S/C14H22N2O2S3/c1-19-14(7-2-8-14)11-16-21(17,18)10-9-20-13-5-3-12(15)4-6-13/h3-6,16H,2,7-11,15H2,1H3. The Balaban J connectivity index is 1.74. The van der Waals surface area contributed by atoms with E-state index in [1.807, 2.05) is 24.3 Å². The van der Waals surface area contributed by atoms with E-state index in [1.165, 1.54) is 18.2 Å². The fourth-order valence-corrected chi connectivity index (χ4v) is 5.59. The molecule has 1 aliphatic rings. The summed E-state index contributed by atoms with van der Waals surface area (Å²) in [5, 5.41) is 0. The van der Waals surface area contributed by atoms with Gasteiger partial charge in [-0.1, -0.05) is 6.42 Å². The van der Waals surface area contributed by atoms with Gasteiger partial charge >= 0.3 is 0 Å². The van der Waals surface area contributed by atoms with Crippen LogP contribution >= 0.6 is 23.5 Å². The number of hydrogen-bond acceptors (Lipinski definition) is 5. The molecule has 21 heavy (non-hydrogen) atoms. The Morgan fingerprint density at radius 2 is 1.95 bits per heavy atom. The number of nitrogens with two attached hydrogens (primary N) is 1. The molecule has 1 aromatic rings. The van der Waals surface area contributed by atoms with Gasteiger partial charge in [-0.25, -0.2) is 13.1 Å². The van der Waals surface area contributed by atoms with Gasteiger partial charge in [0.15, 0.2) is 0 Å². The molecule has 0 saturated heterocycles. The summed E-state index contributed by atoms with van der Waals surface area (Å²) in [6, 6.07) is 7.48. The Morgan fingerprint density at radius 3 is 2.48 bits per heavy atom. The van der Waals surface area contributed by atoms with Crippen molar-refractivity contribution < 1.29 is 8.42 Å². The van der Waals surface area contributed by atoms with Crippen molar-refractivity contribution in [2.45, 2.75) is 28.9 Å². The predicted molar refractivity (Wildman–Crippen MR) is 93.5 cm³/mol. The van der Waals surface area contributed by atoms with Crippen LogP contribution in [0.1, 0.15) is 19.3 Å². The second-order valence-electron chi connectivity index (χ2n) is 5.30. The molecular weight excluding hydrogens is 324 g/mol. The van der Waals surface area contributed by atoms with Crippen LogP contribution in [-0.2, 0) is 10.0 Å². The molecule has 0 amide bonds. The van der Waals surface area contributed by atoms with Crippen molar-refractivity contribution in [3.05, 3.63) is 24.3 Å². The number of hydrogen-bond donors (Lipinski definition) is 2. The average Bonchev–Trinajstić information content (AvgIpc) is 2.40. The van der Waals surface area contributed by atoms with Gasteiger partial charge < -0.3 is 5.73 Å². The number of sulfonamides is 1. The van der Waals surface area contributed by atoms with Crippen LogP contribution in [0.15, 0.2) is 29.2 Å². The Kier molecular flexibility index (Phi) is 5.88. The third kappa shape index (κ3) is 5.09. The average molecular weight is 347 g/mol. The Labute approximate surface area is 135 Å². The summed E-state index contributed by atoms with van der Waals surface area (Å²) in [6.45, 7) is 0.559. The Morgan fingerprint density at radius 1 is 1.29 bits per heavy atom. The molecule has 0 atom stereocenters. The molecular formula is C14H22N2O2S3. The molecule has 1 aromatic carbocycles. The molecule has 0 heterocycles. The molecule has 1 saturated carbocycles. The van der Waals surface area contributed by atoms with Crippen molar-refractivity contribution in [2.24, 2.45) is 0 Å². The molecule has 0 radical (unpaired) electrons. The second kappa shape index (κ2) is 7.26. The van der Waals surface area contributed by atoms with Crippen molar-refractivity contribution in [3.8, 4) is 0 Å². The minimum atomic E-state index is -3.19. The highest BCUT2D eigenvalue weighted by molar-refractivity contribution is 8.00. The topological polar surface area (TPSA) is 72.2 Å². The summed E-state index contributed by atoms with van der Waals surface area (Å²) in [5.41, 5.74) is 6.34. The SMILES string of the molecule is CSC1(CNS(=O)(=O)CCSc2ccc(N)cc2)CCC1. The molecule has 0 unspecified atom stereocenters. The molecule has 3 N–H and O–H groups in total. The lowest BCUT2D eigenvalue weighted by Gasteiger charge is -2.40. The molecule has 0 bridgehead atoms. The first-order chi connectivity index (χ1) is 9.95. The third-order valence-corrected chi connectivity index (χ3v) is 7.83. The van der Waals surface area contributed by atoms with E-state index in [4.69, 9.17) is 5.73 Å². The second-order valence-corrected chi connectivity index (χ2v) is 9.67. The van der Waals surface area contributed by atoms with Crippen LogP contribution in [0.25, 0.3) is 0 Å². The quantitative estimate of drug-likeness (QED) is 0.559. The van der Waals surface area contributed by atoms with Crippen molar-refractivity contribution >= 4 is 39.2 Å². The highest BCUT2D eigenvalue weighted by Gasteiger charge is 2.36. The van der Waals surface area contributed by atoms with Crippen LogP contribution in [0.4, 0.5) is 5.69 Å². The van der Waals surface area contributed by atoms with E-state index < -0.39 is 10.0 Å². The molecule has 2 rings (SSSR count). The first-order valence-electron chi connectivity index (χ1n) is 6.96. The van der Waals surface area contributed by atoms with Gasteiger partial charge in [-0.05, 0) is 43.4 Å². The van der Waals surface area contributed by atoms with Gasteiger partial charge in [-0.2, -0.15) is 11.8 Å². The molecule has 0 aliphatic heterocycles. The molecule has 1 aliphatic carbocycles. The van der Waals surface area contributed by atoms with Crippen LogP contribution in [-0.4, -0.2) is 37.5 Å². The molecule has 0 aromatic heterocycles. The normalized spacial score (nSPS) is 17.4. The number of nitrogen functional groups attached to an aromatic ring is 1. The van der Waals surface area contributed by atoms with Gasteiger partial charge in [0.2, 0.25) is 10.0 Å². The summed E-state index contributed by atoms with van der Waals surface area (Å²) in [7, 11) is -3.19. The Hall–Kier alpha value is -0.370. The zero-order valence-corrected chi connectivity index (χ0v) is 14.6. The fraction of sp³-hybridized carbons (Fsp3) is 0.571. The van der Waals surface area contributed by atoms with E-state index >= 15 is 0 Å². The summed E-state index contributed by atoms with van der Waals surface area (Å²) >= 11 is 3.31. The molecule has 7 heteroatoms. The van der Waals surface area contributed by atoms with Gasteiger partial charge in [-0.3, -0.25) is 0 Å². The minimum Gasteiger partial charge on any atom is -0.399 e. The van der Waals surface area contributed by atoms with E-state index in [0.717, 1.165) is 23.4 Å². The van der Waals surface area contributed by atoms with E-state index in [0.29, 0.717) is 12.3 Å². The maximum atomic E-state index is 12.0. The first kappa shape index (κ1) is 17.0. The van der Waals surface area contributed by atoms with E-state index in [2.05, 4.69) is 11.0 Å². The van der Waals surface area contributed by atoms with Gasteiger partial charge in [0.25, 0.3) is 0 Å². The van der Waals surface area contributed by atoms with E-state index in [1.54, 1.807) is 11.8 Å². The Bertz CT molecular complexity index is 549. The van der Waals surface area contributed by atoms with Crippen LogP contribution in [0, 0.1) is 0 Å². The largest absolute Gasteiger partial charge is 0.399 e. The van der Waals surface area contributed by atoms with Crippen LogP contribution in [0.5, 0.6) is 0 Å². The van der Waals surface area contributed by atoms with Crippen LogP contribution < -0.4 is 10.5 Å². The molecule has 118 valence electrons. The van der Waals surface area contributed by atoms with Gasteiger partial charge in [0.1, 0.15) is 0 Å². The van der Waals surface area contributed by atoms with E-state index in [9.17, 15) is 8.42 Å². The third-order valence-electron chi connectivity index (χ3n) is 3.81. The van der Waals surface area contributed by atoms with Crippen molar-refractivity contribution in [2.75, 3.05) is 30.0 Å². The highest BCUT2D eigenvalue weighted by Crippen LogP contribution is 2.42. The lowest BCUT2D eigenvalue weighted by atomic mass is 9.84. The summed E-state index contributed by atoms with van der Waals surface area (Å²) in [4.78, 5) is 1.04. The maximum Gasteiger partial charge on any atom is 0.212 e. The lowest BCUT2D eigenvalue weighted by molar-refractivity contribution is 0.362. The predicted octanol–water partition coefficient (Wildman–Crippen LogP) is 2.57. The molecule has 4 nitrogen and oxygen atoms in total. The number of benzene rings is 1. The van der Waals surface area contributed by atoms with Crippen molar-refractivity contribution in [3.63, 3.8) is 0 Å². The van der Waals surface area contributed by atoms with Crippen molar-refractivity contribution in [1.29, 1.82) is 0 Å². The fourth-order valence-electron chi connectivity index (χ4n) is 2.17. The van der Waals surface area contributed by atoms with Crippen LogP contribution in [0.3, 0.4) is 0 Å². The number of rotatable bonds is 8. The van der Waals surface area contributed by atoms with Crippen LogP contribution in [0.2, 0.25) is 0 Å². The van der Waals surface area contributed by atoms with Crippen molar-refractivity contribution in [1.82, 2.24) is 4.72 Å². The molecule has 1 fully saturated rings. The number of thioether (sulfide) groups is 2. The summed E-state index contributed by atoms with van der Waals surface area (Å²) in [5.74, 6) is 0.692. The lowest BCUT2D eigenvalue weighted by Crippen LogP contribution is -2.45. The van der Waals surface area contributed by atoms with Gasteiger partial charge in [0.05, 0.1) is 5.75 Å². The minimum absolute atomic E-state index is 0.136. The zero-order chi connectivity index (χ0) is 15.3. The maximum absolute atomic E-state index is 12.0.